The number of ether oxygens (including phenoxy) is 1. The molecule has 2 aromatic rings. The zero-order valence-electron chi connectivity index (χ0n) is 10.5. The van der Waals surface area contributed by atoms with Gasteiger partial charge in [0.25, 0.3) is 0 Å². The van der Waals surface area contributed by atoms with Crippen LogP contribution in [-0.4, -0.2) is 28.7 Å². The quantitative estimate of drug-likeness (QED) is 0.773. The van der Waals surface area contributed by atoms with Crippen LogP contribution in [0.5, 0.6) is 0 Å². The Balaban J connectivity index is 1.98. The number of aliphatic carboxylic acids is 1. The van der Waals surface area contributed by atoms with Crippen LogP contribution in [-0.2, 0) is 29.0 Å². The molecule has 1 aliphatic rings. The van der Waals surface area contributed by atoms with Crippen molar-refractivity contribution in [2.45, 2.75) is 25.5 Å². The van der Waals surface area contributed by atoms with Gasteiger partial charge in [-0.3, -0.25) is 4.79 Å². The molecule has 19 heavy (non-hydrogen) atoms. The summed E-state index contributed by atoms with van der Waals surface area (Å²) < 4.78 is 5.48. The van der Waals surface area contributed by atoms with Crippen LogP contribution in [0, 0.1) is 0 Å². The van der Waals surface area contributed by atoms with Gasteiger partial charge in [-0.25, -0.2) is 0 Å². The average molecular weight is 260 g/mol. The fraction of sp³-hybridized carbons (Fsp3) is 0.357. The minimum atomic E-state index is -0.973. The summed E-state index contributed by atoms with van der Waals surface area (Å²) in [5, 5.41) is 9.97. The minimum absolute atomic E-state index is 0.339. The number of fused-ring (bicyclic) bond motifs is 3. The number of aromatic nitrogens is 1. The van der Waals surface area contributed by atoms with Crippen LogP contribution in [0.3, 0.4) is 0 Å². The molecule has 1 unspecified atom stereocenters. The van der Waals surface area contributed by atoms with Gasteiger partial charge in [-0.05, 0) is 24.1 Å². The molecule has 1 aliphatic heterocycles. The van der Waals surface area contributed by atoms with E-state index >= 15 is 0 Å². The van der Waals surface area contributed by atoms with Crippen molar-refractivity contribution in [1.82, 2.24) is 4.98 Å². The Morgan fingerprint density at radius 3 is 3.16 bits per heavy atom. The number of H-pyrrole nitrogens is 1. The summed E-state index contributed by atoms with van der Waals surface area (Å²) >= 11 is 0. The van der Waals surface area contributed by atoms with Crippen LogP contribution >= 0.6 is 0 Å². The van der Waals surface area contributed by atoms with Crippen LogP contribution in [0.4, 0.5) is 0 Å². The van der Waals surface area contributed by atoms with Crippen molar-refractivity contribution in [3.8, 4) is 0 Å². The molecule has 0 amide bonds. The Kier molecular flexibility index (Phi) is 3.00. The number of benzene rings is 1. The fourth-order valence-electron chi connectivity index (χ4n) is 2.55. The zero-order valence-corrected chi connectivity index (χ0v) is 10.5. The average Bonchev–Trinajstić information content (AvgIpc) is 2.76. The Labute approximate surface area is 110 Å². The normalized spacial score (nSPS) is 16.3. The van der Waals surface area contributed by atoms with Gasteiger partial charge in [0.05, 0.1) is 13.2 Å². The molecule has 2 heterocycles. The third kappa shape index (κ3) is 2.22. The number of aromatic amines is 1. The van der Waals surface area contributed by atoms with E-state index in [1.807, 2.05) is 18.2 Å². The van der Waals surface area contributed by atoms with E-state index in [0.717, 1.165) is 29.5 Å². The number of carbonyl (C=O) groups is 1. The third-order valence-corrected chi connectivity index (χ3v) is 3.57. The van der Waals surface area contributed by atoms with Crippen molar-refractivity contribution >= 4 is 16.9 Å². The van der Waals surface area contributed by atoms with E-state index in [0.29, 0.717) is 13.0 Å². The molecule has 0 spiro atoms. The predicted molar refractivity (Wildman–Crippen MR) is 71.0 cm³/mol. The van der Waals surface area contributed by atoms with Crippen molar-refractivity contribution in [2.75, 3.05) is 6.61 Å². The van der Waals surface area contributed by atoms with Crippen LogP contribution in [0.1, 0.15) is 16.8 Å². The molecule has 0 saturated heterocycles. The van der Waals surface area contributed by atoms with Crippen LogP contribution in [0.15, 0.2) is 18.2 Å². The van der Waals surface area contributed by atoms with Crippen LogP contribution < -0.4 is 5.73 Å². The lowest BCUT2D eigenvalue weighted by Crippen LogP contribution is -2.32. The van der Waals surface area contributed by atoms with Gasteiger partial charge in [0.2, 0.25) is 0 Å². The highest BCUT2D eigenvalue weighted by molar-refractivity contribution is 5.85. The Hall–Kier alpha value is -1.85. The maximum atomic E-state index is 10.8. The highest BCUT2D eigenvalue weighted by atomic mass is 16.5. The van der Waals surface area contributed by atoms with Gasteiger partial charge in [0.1, 0.15) is 6.04 Å². The molecule has 0 fully saturated rings. The highest BCUT2D eigenvalue weighted by Crippen LogP contribution is 2.27. The van der Waals surface area contributed by atoms with Gasteiger partial charge in [0.15, 0.2) is 0 Å². The summed E-state index contributed by atoms with van der Waals surface area (Å²) in [6.45, 7) is 1.36. The molecule has 5 nitrogen and oxygen atoms in total. The van der Waals surface area contributed by atoms with Gasteiger partial charge in [0, 0.05) is 28.6 Å². The van der Waals surface area contributed by atoms with E-state index in [1.165, 1.54) is 11.3 Å². The first-order valence-electron chi connectivity index (χ1n) is 6.33. The number of carboxylic acids is 1. The molecule has 0 radical (unpaired) electrons. The second-order valence-electron chi connectivity index (χ2n) is 4.91. The summed E-state index contributed by atoms with van der Waals surface area (Å²) in [7, 11) is 0. The van der Waals surface area contributed by atoms with E-state index in [2.05, 4.69) is 4.98 Å². The van der Waals surface area contributed by atoms with Crippen molar-refractivity contribution in [3.05, 3.63) is 35.0 Å². The Morgan fingerprint density at radius 2 is 2.37 bits per heavy atom. The Morgan fingerprint density at radius 1 is 1.53 bits per heavy atom. The monoisotopic (exact) mass is 260 g/mol. The lowest BCUT2D eigenvalue weighted by Gasteiger charge is -2.12. The molecule has 0 bridgehead atoms. The van der Waals surface area contributed by atoms with Crippen LogP contribution in [0.2, 0.25) is 0 Å². The first-order chi connectivity index (χ1) is 9.15. The predicted octanol–water partition coefficient (Wildman–Crippen LogP) is 1.19. The molecule has 0 saturated carbocycles. The summed E-state index contributed by atoms with van der Waals surface area (Å²) in [5.41, 5.74) is 10.00. The fourth-order valence-corrected chi connectivity index (χ4v) is 2.55. The van der Waals surface area contributed by atoms with E-state index in [1.54, 1.807) is 0 Å². The summed E-state index contributed by atoms with van der Waals surface area (Å²) in [6.07, 6.45) is 1.24. The van der Waals surface area contributed by atoms with E-state index in [-0.39, 0.29) is 0 Å². The number of nitrogens with one attached hydrogen (secondary N) is 1. The summed E-state index contributed by atoms with van der Waals surface area (Å²) in [4.78, 5) is 14.2. The molecular formula is C14H16N2O3. The molecule has 100 valence electrons. The molecule has 1 aromatic heterocycles. The molecule has 0 aliphatic carbocycles. The topological polar surface area (TPSA) is 88.3 Å². The second-order valence-corrected chi connectivity index (χ2v) is 4.91. The molecule has 1 atom stereocenters. The van der Waals surface area contributed by atoms with E-state index < -0.39 is 12.0 Å². The number of nitrogens with two attached hydrogens (primary N) is 1. The van der Waals surface area contributed by atoms with Gasteiger partial charge < -0.3 is 20.6 Å². The third-order valence-electron chi connectivity index (χ3n) is 3.57. The van der Waals surface area contributed by atoms with Gasteiger partial charge in [-0.1, -0.05) is 6.07 Å². The van der Waals surface area contributed by atoms with Crippen molar-refractivity contribution in [1.29, 1.82) is 0 Å². The molecule has 3 rings (SSSR count). The van der Waals surface area contributed by atoms with Crippen molar-refractivity contribution in [2.24, 2.45) is 5.73 Å². The highest BCUT2D eigenvalue weighted by Gasteiger charge is 2.17. The number of hydrogen-bond acceptors (Lipinski definition) is 3. The summed E-state index contributed by atoms with van der Waals surface area (Å²) in [5.74, 6) is -0.973. The standard InChI is InChI=1S/C14H16N2O3/c15-11(14(17)18)6-8-1-2-12-9(5-8)10-7-19-4-3-13(10)16-12/h1-2,5,11,16H,3-4,6-7,15H2,(H,17,18). The lowest BCUT2D eigenvalue weighted by atomic mass is 10.0. The van der Waals surface area contributed by atoms with Crippen molar-refractivity contribution in [3.63, 3.8) is 0 Å². The van der Waals surface area contributed by atoms with Gasteiger partial charge in [-0.2, -0.15) is 0 Å². The van der Waals surface area contributed by atoms with Gasteiger partial charge in [-0.15, -0.1) is 0 Å². The first-order valence-corrected chi connectivity index (χ1v) is 6.33. The smallest absolute Gasteiger partial charge is 0.320 e. The zero-order chi connectivity index (χ0) is 13.4. The maximum Gasteiger partial charge on any atom is 0.320 e. The maximum absolute atomic E-state index is 10.8. The molecule has 5 heteroatoms. The molecule has 4 N–H and O–H groups in total. The van der Waals surface area contributed by atoms with E-state index in [4.69, 9.17) is 15.6 Å². The lowest BCUT2D eigenvalue weighted by molar-refractivity contribution is -0.138. The van der Waals surface area contributed by atoms with Crippen LogP contribution in [0.25, 0.3) is 10.9 Å². The first kappa shape index (κ1) is 12.2. The SMILES string of the molecule is NC(Cc1ccc2[nH]c3c(c2c1)COCC3)C(=O)O. The summed E-state index contributed by atoms with van der Waals surface area (Å²) in [6, 6.07) is 5.07. The molecular weight excluding hydrogens is 244 g/mol. The number of carboxylic acid groups (broad SMARTS) is 1. The Bertz CT molecular complexity index is 633. The largest absolute Gasteiger partial charge is 0.480 e. The molecule has 1 aromatic carbocycles. The number of rotatable bonds is 3. The van der Waals surface area contributed by atoms with Crippen molar-refractivity contribution < 1.29 is 14.6 Å². The van der Waals surface area contributed by atoms with Gasteiger partial charge >= 0.3 is 5.97 Å². The minimum Gasteiger partial charge on any atom is -0.480 e. The number of hydrogen-bond donors (Lipinski definition) is 3. The van der Waals surface area contributed by atoms with E-state index in [9.17, 15) is 4.79 Å². The second kappa shape index (κ2) is 4.68.